The highest BCUT2D eigenvalue weighted by molar-refractivity contribution is 7.91. The van der Waals surface area contributed by atoms with Gasteiger partial charge in [0.2, 0.25) is 10.0 Å². The molecule has 1 saturated carbocycles. The minimum Gasteiger partial charge on any atom is -0.453 e. The second-order valence-electron chi connectivity index (χ2n) is 11.6. The summed E-state index contributed by atoms with van der Waals surface area (Å²) >= 11 is 1.37. The van der Waals surface area contributed by atoms with Gasteiger partial charge in [0, 0.05) is 43.9 Å². The molecular weight excluding hydrogens is 638 g/mol. The number of carbonyl (C=O) groups excluding carboxylic acids is 2. The van der Waals surface area contributed by atoms with E-state index >= 15 is 0 Å². The van der Waals surface area contributed by atoms with E-state index in [1.807, 2.05) is 43.7 Å². The Kier molecular flexibility index (Phi) is 9.74. The van der Waals surface area contributed by atoms with Gasteiger partial charge in [-0.3, -0.25) is 9.97 Å². The first kappa shape index (κ1) is 33.0. The van der Waals surface area contributed by atoms with Gasteiger partial charge in [-0.15, -0.1) is 11.3 Å². The number of methoxy groups -OCH3 is 1. The van der Waals surface area contributed by atoms with Crippen molar-refractivity contribution in [1.82, 2.24) is 19.6 Å². The van der Waals surface area contributed by atoms with E-state index in [4.69, 9.17) is 14.2 Å². The number of ether oxygens (including phenoxy) is 3. The summed E-state index contributed by atoms with van der Waals surface area (Å²) in [5.74, 6) is -0.478. The first-order chi connectivity index (χ1) is 21.8. The Morgan fingerprint density at radius 3 is 2.52 bits per heavy atom. The van der Waals surface area contributed by atoms with Crippen molar-refractivity contribution >= 4 is 49.4 Å². The molecule has 15 heteroatoms. The van der Waals surface area contributed by atoms with E-state index in [2.05, 4.69) is 15.3 Å². The van der Waals surface area contributed by atoms with Crippen molar-refractivity contribution in [3.8, 4) is 22.1 Å². The van der Waals surface area contributed by atoms with Gasteiger partial charge in [0.1, 0.15) is 11.4 Å². The molecule has 0 unspecified atom stereocenters. The number of fused-ring (bicyclic) bond motifs is 1. The molecule has 0 spiro atoms. The van der Waals surface area contributed by atoms with Gasteiger partial charge in [-0.05, 0) is 63.4 Å². The maximum absolute atomic E-state index is 15.0. The number of rotatable bonds is 11. The molecule has 3 heterocycles. The quantitative estimate of drug-likeness (QED) is 0.188. The van der Waals surface area contributed by atoms with E-state index in [-0.39, 0.29) is 11.4 Å². The first-order valence-electron chi connectivity index (χ1n) is 14.4. The molecule has 0 atom stereocenters. The van der Waals surface area contributed by atoms with Crippen molar-refractivity contribution in [3.63, 3.8) is 0 Å². The van der Waals surface area contributed by atoms with Gasteiger partial charge in [0.25, 0.3) is 0 Å². The molecule has 1 aromatic carbocycles. The Labute approximate surface area is 269 Å². The normalized spacial score (nSPS) is 13.3. The average Bonchev–Trinajstić information content (AvgIpc) is 3.76. The summed E-state index contributed by atoms with van der Waals surface area (Å²) < 4.78 is 58.1. The molecule has 244 valence electrons. The highest BCUT2D eigenvalue weighted by atomic mass is 32.2. The van der Waals surface area contributed by atoms with Crippen molar-refractivity contribution in [2.75, 3.05) is 25.6 Å². The molecule has 1 aliphatic carbocycles. The van der Waals surface area contributed by atoms with Gasteiger partial charge >= 0.3 is 12.1 Å². The summed E-state index contributed by atoms with van der Waals surface area (Å²) in [6, 6.07) is 10.0. The zero-order chi connectivity index (χ0) is 33.1. The lowest BCUT2D eigenvalue weighted by Gasteiger charge is -2.27. The van der Waals surface area contributed by atoms with Gasteiger partial charge in [0.05, 0.1) is 39.2 Å². The minimum absolute atomic E-state index is 0.0639. The molecule has 0 aliphatic heterocycles. The standard InChI is InChI=1S/C31H34FN5O7S2/c1-31(2,3)44-30(39)37(13-14-42-4)18-19-5-9-23(34-17-19)27-16-24-28(45-27)26(11-12-33-24)43-25-10-6-20(15-22(25)32)35-29(38)36-46(40,41)21-7-8-21/h5-6,9-12,15-17,21H,7-8,13-14,18H2,1-4H3,(H2,35,36,38). The molecule has 4 aromatic rings. The van der Waals surface area contributed by atoms with Crippen molar-refractivity contribution in [1.29, 1.82) is 0 Å². The molecule has 3 amide bonds. The Morgan fingerprint density at radius 1 is 1.09 bits per heavy atom. The fourth-order valence-electron chi connectivity index (χ4n) is 4.30. The van der Waals surface area contributed by atoms with Gasteiger partial charge in [0.15, 0.2) is 11.6 Å². The van der Waals surface area contributed by atoms with Crippen LogP contribution in [-0.2, 0) is 26.0 Å². The molecule has 0 bridgehead atoms. The lowest BCUT2D eigenvalue weighted by molar-refractivity contribution is 0.0183. The van der Waals surface area contributed by atoms with E-state index in [9.17, 15) is 22.4 Å². The van der Waals surface area contributed by atoms with Crippen molar-refractivity contribution in [3.05, 3.63) is 66.2 Å². The van der Waals surface area contributed by atoms with Crippen LogP contribution in [0.15, 0.2) is 54.9 Å². The average molecular weight is 672 g/mol. The molecule has 12 nitrogen and oxygen atoms in total. The van der Waals surface area contributed by atoms with E-state index in [1.165, 1.54) is 23.5 Å². The molecule has 1 aliphatic rings. The molecule has 0 saturated heterocycles. The predicted octanol–water partition coefficient (Wildman–Crippen LogP) is 6.29. The largest absolute Gasteiger partial charge is 0.453 e. The second kappa shape index (κ2) is 13.6. The number of benzene rings is 1. The van der Waals surface area contributed by atoms with Gasteiger partial charge in [-0.25, -0.2) is 27.1 Å². The maximum atomic E-state index is 15.0. The molecule has 0 radical (unpaired) electrons. The van der Waals surface area contributed by atoms with E-state index in [0.717, 1.165) is 16.5 Å². The molecule has 5 rings (SSSR count). The number of sulfonamides is 1. The molecule has 46 heavy (non-hydrogen) atoms. The van der Waals surface area contributed by atoms with Crippen LogP contribution in [0.25, 0.3) is 20.8 Å². The van der Waals surface area contributed by atoms with Crippen LogP contribution in [0.2, 0.25) is 0 Å². The number of aromatic nitrogens is 2. The Morgan fingerprint density at radius 2 is 1.87 bits per heavy atom. The summed E-state index contributed by atoms with van der Waals surface area (Å²) in [6.45, 7) is 6.45. The number of urea groups is 1. The van der Waals surface area contributed by atoms with Crippen molar-refractivity contribution < 1.29 is 36.6 Å². The summed E-state index contributed by atoms with van der Waals surface area (Å²) in [6.07, 6.45) is 3.82. The van der Waals surface area contributed by atoms with E-state index in [0.29, 0.717) is 54.2 Å². The van der Waals surface area contributed by atoms with Gasteiger partial charge in [-0.2, -0.15) is 0 Å². The summed E-state index contributed by atoms with van der Waals surface area (Å²) in [4.78, 5) is 36.2. The number of anilines is 1. The number of hydrogen-bond donors (Lipinski definition) is 2. The molecule has 1 fully saturated rings. The maximum Gasteiger partial charge on any atom is 0.410 e. The minimum atomic E-state index is -3.74. The Bertz CT molecular complexity index is 1840. The van der Waals surface area contributed by atoms with Crippen LogP contribution < -0.4 is 14.8 Å². The fraction of sp³-hybridized carbons (Fsp3) is 0.355. The third-order valence-electron chi connectivity index (χ3n) is 6.65. The lowest BCUT2D eigenvalue weighted by Crippen LogP contribution is -2.38. The fourth-order valence-corrected chi connectivity index (χ4v) is 6.57. The topological polar surface area (TPSA) is 149 Å². The van der Waals surface area contributed by atoms with E-state index < -0.39 is 38.8 Å². The number of thiophene rings is 1. The number of nitrogens with one attached hydrogen (secondary N) is 2. The van der Waals surface area contributed by atoms with Gasteiger partial charge in [-0.1, -0.05) is 6.07 Å². The Balaban J connectivity index is 1.28. The summed E-state index contributed by atoms with van der Waals surface area (Å²) in [7, 11) is -2.17. The number of halogens is 1. The van der Waals surface area contributed by atoms with Crippen LogP contribution in [-0.4, -0.2) is 66.5 Å². The SMILES string of the molecule is COCCN(Cc1ccc(-c2cc3nccc(Oc4ccc(NC(=O)NS(=O)(=O)C5CC5)cc4F)c3s2)nc1)C(=O)OC(C)(C)C. The van der Waals surface area contributed by atoms with Crippen molar-refractivity contribution in [2.45, 2.75) is 51.0 Å². The molecular formula is C31H34FN5O7S2. The number of nitrogens with zero attached hydrogens (tertiary/aromatic N) is 3. The van der Waals surface area contributed by atoms with Crippen molar-refractivity contribution in [2.24, 2.45) is 0 Å². The predicted molar refractivity (Wildman–Crippen MR) is 172 cm³/mol. The first-order valence-corrected chi connectivity index (χ1v) is 16.8. The number of carbonyl (C=O) groups is 2. The third kappa shape index (κ3) is 8.47. The zero-order valence-corrected chi connectivity index (χ0v) is 27.3. The number of hydrogen-bond acceptors (Lipinski definition) is 10. The van der Waals surface area contributed by atoms with Crippen LogP contribution in [0.4, 0.5) is 19.7 Å². The van der Waals surface area contributed by atoms with E-state index in [1.54, 1.807) is 30.5 Å². The van der Waals surface area contributed by atoms with Crippen LogP contribution >= 0.6 is 11.3 Å². The van der Waals surface area contributed by atoms with Crippen LogP contribution in [0.1, 0.15) is 39.2 Å². The van der Waals surface area contributed by atoms with Crippen LogP contribution in [0, 0.1) is 5.82 Å². The third-order valence-corrected chi connectivity index (χ3v) is 9.63. The molecule has 3 aromatic heterocycles. The Hall–Kier alpha value is -4.34. The zero-order valence-electron chi connectivity index (χ0n) is 25.7. The highest BCUT2D eigenvalue weighted by Gasteiger charge is 2.36. The highest BCUT2D eigenvalue weighted by Crippen LogP contribution is 2.39. The lowest BCUT2D eigenvalue weighted by atomic mass is 10.2. The molecule has 2 N–H and O–H groups in total. The monoisotopic (exact) mass is 671 g/mol. The summed E-state index contributed by atoms with van der Waals surface area (Å²) in [5, 5.41) is 1.76. The summed E-state index contributed by atoms with van der Waals surface area (Å²) in [5.41, 5.74) is 1.56. The van der Waals surface area contributed by atoms with Crippen LogP contribution in [0.5, 0.6) is 11.5 Å². The van der Waals surface area contributed by atoms with Gasteiger partial charge < -0.3 is 24.4 Å². The smallest absolute Gasteiger partial charge is 0.410 e. The van der Waals surface area contributed by atoms with Crippen LogP contribution in [0.3, 0.4) is 0 Å². The number of pyridine rings is 2. The second-order valence-corrected chi connectivity index (χ2v) is 14.6. The number of amides is 3.